The maximum atomic E-state index is 8.92. The van der Waals surface area contributed by atoms with E-state index >= 15 is 0 Å². The van der Waals surface area contributed by atoms with E-state index in [0.29, 0.717) is 35.1 Å². The van der Waals surface area contributed by atoms with E-state index in [0.717, 1.165) is 44.3 Å². The van der Waals surface area contributed by atoms with Crippen LogP contribution in [0.1, 0.15) is 45.4 Å². The van der Waals surface area contributed by atoms with Gasteiger partial charge in [0, 0.05) is 17.8 Å². The number of anilines is 3. The topological polar surface area (TPSA) is 123 Å². The van der Waals surface area contributed by atoms with Gasteiger partial charge in [0.2, 0.25) is 0 Å². The van der Waals surface area contributed by atoms with Crippen molar-refractivity contribution in [2.75, 3.05) is 35.0 Å². The minimum Gasteiger partial charge on any atom is -0.394 e. The van der Waals surface area contributed by atoms with Crippen LogP contribution in [0.15, 0.2) is 5.16 Å². The first-order valence-corrected chi connectivity index (χ1v) is 10.4. The standard InChI is InChI=1S/C17H30N6O2S/c1-2-9-26-17-21-15(20-11-3-4-11)14(18)16(22-17)23(19)12-5-6-13(10-12)25-8-7-24/h11-13,24H,2-10,18-19H2,1H3,(H,20,21,22). The third-order valence-electron chi connectivity index (χ3n) is 4.70. The fraction of sp³-hybridized carbons (Fsp3) is 0.765. The second-order valence-electron chi connectivity index (χ2n) is 6.95. The summed E-state index contributed by atoms with van der Waals surface area (Å²) in [4.78, 5) is 9.23. The highest BCUT2D eigenvalue weighted by Crippen LogP contribution is 2.36. The summed E-state index contributed by atoms with van der Waals surface area (Å²) in [6, 6.07) is 0.576. The first-order valence-electron chi connectivity index (χ1n) is 9.45. The predicted molar refractivity (Wildman–Crippen MR) is 105 cm³/mol. The van der Waals surface area contributed by atoms with Gasteiger partial charge in [-0.2, -0.15) is 0 Å². The third kappa shape index (κ3) is 4.91. The molecule has 2 atom stereocenters. The zero-order valence-corrected chi connectivity index (χ0v) is 16.2. The Morgan fingerprint density at radius 2 is 2.12 bits per heavy atom. The fourth-order valence-electron chi connectivity index (χ4n) is 3.14. The highest BCUT2D eigenvalue weighted by Gasteiger charge is 2.32. The number of nitrogens with one attached hydrogen (secondary N) is 1. The largest absolute Gasteiger partial charge is 0.394 e. The normalized spacial score (nSPS) is 22.6. The molecule has 2 aliphatic rings. The summed E-state index contributed by atoms with van der Waals surface area (Å²) < 4.78 is 5.65. The second-order valence-corrected chi connectivity index (χ2v) is 8.01. The number of ether oxygens (including phenoxy) is 1. The number of aromatic nitrogens is 2. The SMILES string of the molecule is CCCSc1nc(NC2CC2)c(N)c(N(N)C2CCC(OCCO)C2)n1. The molecular weight excluding hydrogens is 352 g/mol. The molecule has 1 aromatic heterocycles. The minimum absolute atomic E-state index is 0.0422. The van der Waals surface area contributed by atoms with Gasteiger partial charge in [0.15, 0.2) is 16.8 Å². The molecule has 2 aliphatic carbocycles. The van der Waals surface area contributed by atoms with Gasteiger partial charge in [0.05, 0.1) is 19.3 Å². The van der Waals surface area contributed by atoms with E-state index in [1.54, 1.807) is 16.8 Å². The Kier molecular flexibility index (Phi) is 6.80. The molecule has 146 valence electrons. The van der Waals surface area contributed by atoms with Crippen LogP contribution in [0.4, 0.5) is 17.3 Å². The van der Waals surface area contributed by atoms with Crippen LogP contribution in [0.2, 0.25) is 0 Å². The zero-order valence-electron chi connectivity index (χ0n) is 15.4. The van der Waals surface area contributed by atoms with Gasteiger partial charge >= 0.3 is 0 Å². The molecule has 0 radical (unpaired) electrons. The molecule has 8 nitrogen and oxygen atoms in total. The smallest absolute Gasteiger partial charge is 0.191 e. The van der Waals surface area contributed by atoms with Crippen molar-refractivity contribution >= 4 is 29.1 Å². The highest BCUT2D eigenvalue weighted by atomic mass is 32.2. The Labute approximate surface area is 159 Å². The minimum atomic E-state index is 0.0422. The van der Waals surface area contributed by atoms with Crippen molar-refractivity contribution < 1.29 is 9.84 Å². The molecule has 0 aliphatic heterocycles. The van der Waals surface area contributed by atoms with Gasteiger partial charge in [0.25, 0.3) is 0 Å². The van der Waals surface area contributed by atoms with Crippen molar-refractivity contribution in [3.05, 3.63) is 0 Å². The van der Waals surface area contributed by atoms with Gasteiger partial charge in [-0.05, 0) is 38.5 Å². The Morgan fingerprint density at radius 1 is 1.31 bits per heavy atom. The van der Waals surface area contributed by atoms with Crippen LogP contribution in [-0.4, -0.2) is 52.2 Å². The van der Waals surface area contributed by atoms with Crippen LogP contribution in [-0.2, 0) is 4.74 Å². The first-order chi connectivity index (χ1) is 12.6. The molecule has 9 heteroatoms. The average Bonchev–Trinajstić information content (AvgIpc) is 3.33. The maximum Gasteiger partial charge on any atom is 0.191 e. The number of nitrogens with zero attached hydrogens (tertiary/aromatic N) is 3. The molecule has 0 aromatic carbocycles. The summed E-state index contributed by atoms with van der Waals surface area (Å²) >= 11 is 1.62. The van der Waals surface area contributed by atoms with Gasteiger partial charge in [-0.1, -0.05) is 18.7 Å². The van der Waals surface area contributed by atoms with E-state index in [9.17, 15) is 0 Å². The molecule has 1 aromatic rings. The summed E-state index contributed by atoms with van der Waals surface area (Å²) in [7, 11) is 0. The number of nitrogen functional groups attached to an aromatic ring is 1. The number of hydrogen-bond donors (Lipinski definition) is 4. The van der Waals surface area contributed by atoms with Crippen molar-refractivity contribution in [3.8, 4) is 0 Å². The molecule has 26 heavy (non-hydrogen) atoms. The molecule has 6 N–H and O–H groups in total. The van der Waals surface area contributed by atoms with Gasteiger partial charge in [-0.15, -0.1) is 0 Å². The summed E-state index contributed by atoms with van der Waals surface area (Å²) in [5, 5.41) is 14.7. The lowest BCUT2D eigenvalue weighted by Crippen LogP contribution is -2.41. The van der Waals surface area contributed by atoms with Crippen molar-refractivity contribution in [1.29, 1.82) is 0 Å². The molecule has 1 heterocycles. The molecule has 0 spiro atoms. The summed E-state index contributed by atoms with van der Waals surface area (Å²) in [6.45, 7) is 2.54. The molecule has 2 unspecified atom stereocenters. The Bertz CT molecular complexity index is 601. The summed E-state index contributed by atoms with van der Waals surface area (Å²) in [5.74, 6) is 8.67. The van der Waals surface area contributed by atoms with Crippen LogP contribution in [0.5, 0.6) is 0 Å². The lowest BCUT2D eigenvalue weighted by atomic mass is 10.2. The van der Waals surface area contributed by atoms with E-state index < -0.39 is 0 Å². The first kappa shape index (κ1) is 19.5. The number of rotatable bonds is 10. The highest BCUT2D eigenvalue weighted by molar-refractivity contribution is 7.99. The molecule has 2 fully saturated rings. The molecule has 2 saturated carbocycles. The number of aliphatic hydroxyl groups is 1. The van der Waals surface area contributed by atoms with Crippen molar-refractivity contribution in [2.45, 2.75) is 68.8 Å². The zero-order chi connectivity index (χ0) is 18.5. The summed E-state index contributed by atoms with van der Waals surface area (Å²) in [6.07, 6.45) is 6.12. The number of hydrogen-bond acceptors (Lipinski definition) is 9. The summed E-state index contributed by atoms with van der Waals surface area (Å²) in [5.41, 5.74) is 6.87. The van der Waals surface area contributed by atoms with Crippen LogP contribution in [0, 0.1) is 0 Å². The molecule has 3 rings (SSSR count). The quantitative estimate of drug-likeness (QED) is 0.207. The van der Waals surface area contributed by atoms with E-state index in [2.05, 4.69) is 22.2 Å². The molecule has 0 amide bonds. The lowest BCUT2D eigenvalue weighted by Gasteiger charge is -2.27. The number of thioether (sulfide) groups is 1. The third-order valence-corrected chi connectivity index (χ3v) is 5.75. The van der Waals surface area contributed by atoms with E-state index in [1.807, 2.05) is 0 Å². The Hall–Kier alpha value is -1.29. The number of nitrogens with two attached hydrogens (primary N) is 2. The molecular formula is C17H30N6O2S. The maximum absolute atomic E-state index is 8.92. The van der Waals surface area contributed by atoms with E-state index in [1.165, 1.54) is 0 Å². The molecule has 0 bridgehead atoms. The lowest BCUT2D eigenvalue weighted by molar-refractivity contribution is 0.0322. The fourth-order valence-corrected chi connectivity index (χ4v) is 3.83. The number of aliphatic hydroxyl groups excluding tert-OH is 1. The van der Waals surface area contributed by atoms with Gasteiger partial charge in [-0.3, -0.25) is 5.01 Å². The van der Waals surface area contributed by atoms with Gasteiger partial charge < -0.3 is 20.9 Å². The van der Waals surface area contributed by atoms with Crippen molar-refractivity contribution in [3.63, 3.8) is 0 Å². The van der Waals surface area contributed by atoms with Crippen LogP contribution >= 0.6 is 11.8 Å². The molecule has 0 saturated heterocycles. The second kappa shape index (κ2) is 9.07. The Balaban J connectivity index is 1.75. The van der Waals surface area contributed by atoms with Crippen molar-refractivity contribution in [2.24, 2.45) is 5.84 Å². The van der Waals surface area contributed by atoms with Gasteiger partial charge in [0.1, 0.15) is 5.69 Å². The van der Waals surface area contributed by atoms with Crippen molar-refractivity contribution in [1.82, 2.24) is 9.97 Å². The van der Waals surface area contributed by atoms with Crippen LogP contribution < -0.4 is 21.9 Å². The predicted octanol–water partition coefficient (Wildman–Crippen LogP) is 1.75. The average molecular weight is 383 g/mol. The monoisotopic (exact) mass is 382 g/mol. The van der Waals surface area contributed by atoms with Gasteiger partial charge in [-0.25, -0.2) is 15.8 Å². The Morgan fingerprint density at radius 3 is 2.81 bits per heavy atom. The number of hydrazine groups is 1. The van der Waals surface area contributed by atoms with Crippen LogP contribution in [0.25, 0.3) is 0 Å². The van der Waals surface area contributed by atoms with E-state index in [4.69, 9.17) is 21.4 Å². The van der Waals surface area contributed by atoms with E-state index in [-0.39, 0.29) is 18.8 Å². The van der Waals surface area contributed by atoms with Crippen LogP contribution in [0.3, 0.4) is 0 Å².